The van der Waals surface area contributed by atoms with Crippen molar-refractivity contribution in [2.45, 2.75) is 38.8 Å². The zero-order valence-corrected chi connectivity index (χ0v) is 13.9. The van der Waals surface area contributed by atoms with E-state index in [1.54, 1.807) is 36.2 Å². The maximum atomic E-state index is 12.5. The fourth-order valence-corrected chi connectivity index (χ4v) is 2.25. The highest BCUT2D eigenvalue weighted by Crippen LogP contribution is 2.15. The third-order valence-electron chi connectivity index (χ3n) is 3.38. The number of unbranched alkanes of at least 4 members (excludes halogenated alkanes) is 1. The molecule has 0 aliphatic rings. The van der Waals surface area contributed by atoms with E-state index in [0.29, 0.717) is 31.5 Å². The number of nitrogens with zero attached hydrogens (tertiary/aromatic N) is 4. The summed E-state index contributed by atoms with van der Waals surface area (Å²) in [6, 6.07) is 6.37. The van der Waals surface area contributed by atoms with Crippen LogP contribution in [0.5, 0.6) is 0 Å². The van der Waals surface area contributed by atoms with Crippen molar-refractivity contribution in [3.8, 4) is 12.3 Å². The number of benzene rings is 1. The maximum Gasteiger partial charge on any atom is 0.245 e. The molecule has 0 aliphatic heterocycles. The van der Waals surface area contributed by atoms with Crippen molar-refractivity contribution in [1.82, 2.24) is 10.2 Å². The van der Waals surface area contributed by atoms with E-state index in [1.165, 1.54) is 6.92 Å². The Labute approximate surface area is 141 Å². The average molecular weight is 327 g/mol. The molecular weight excluding hydrogens is 306 g/mol. The first-order chi connectivity index (χ1) is 11.5. The molecule has 2 amide bonds. The predicted octanol–water partition coefficient (Wildman–Crippen LogP) is 2.90. The van der Waals surface area contributed by atoms with E-state index in [0.717, 1.165) is 5.56 Å². The van der Waals surface area contributed by atoms with Crippen molar-refractivity contribution in [2.75, 3.05) is 7.05 Å². The Bertz CT molecular complexity index is 657. The molecule has 0 spiro atoms. The minimum atomic E-state index is -0.580. The highest BCUT2D eigenvalue weighted by molar-refractivity contribution is 5.86. The lowest BCUT2D eigenvalue weighted by Gasteiger charge is -2.24. The second-order valence-electron chi connectivity index (χ2n) is 5.40. The van der Waals surface area contributed by atoms with Crippen LogP contribution in [0.4, 0.5) is 5.69 Å². The maximum absolute atomic E-state index is 12.5. The number of azide groups is 1. The van der Waals surface area contributed by atoms with E-state index in [9.17, 15) is 9.59 Å². The van der Waals surface area contributed by atoms with Crippen LogP contribution in [-0.2, 0) is 16.1 Å². The van der Waals surface area contributed by atoms with E-state index in [2.05, 4.69) is 21.3 Å². The molecule has 1 unspecified atom stereocenters. The molecule has 7 heteroatoms. The molecule has 0 bridgehead atoms. The second-order valence-corrected chi connectivity index (χ2v) is 5.40. The average Bonchev–Trinajstić information content (AvgIpc) is 2.55. The van der Waals surface area contributed by atoms with Gasteiger partial charge >= 0.3 is 0 Å². The predicted molar refractivity (Wildman–Crippen MR) is 92.0 cm³/mol. The molecule has 1 atom stereocenters. The van der Waals surface area contributed by atoms with Crippen LogP contribution in [0.2, 0.25) is 0 Å². The summed E-state index contributed by atoms with van der Waals surface area (Å²) in [5, 5.41) is 6.18. The Hall–Kier alpha value is -2.97. The normalized spacial score (nSPS) is 10.9. The van der Waals surface area contributed by atoms with Crippen molar-refractivity contribution in [2.24, 2.45) is 5.11 Å². The molecule has 1 aromatic carbocycles. The first-order valence-corrected chi connectivity index (χ1v) is 7.57. The van der Waals surface area contributed by atoms with Crippen LogP contribution < -0.4 is 5.32 Å². The molecule has 0 saturated heterocycles. The number of hydrogen-bond donors (Lipinski definition) is 1. The number of likely N-dealkylation sites (N-methyl/N-ethyl adjacent to an activating group) is 1. The largest absolute Gasteiger partial charge is 0.345 e. The van der Waals surface area contributed by atoms with Gasteiger partial charge in [-0.1, -0.05) is 29.4 Å². The molecular formula is C17H21N5O2. The summed E-state index contributed by atoms with van der Waals surface area (Å²) in [7, 11) is 1.68. The summed E-state index contributed by atoms with van der Waals surface area (Å²) < 4.78 is 0. The topological polar surface area (TPSA) is 98.2 Å². The van der Waals surface area contributed by atoms with Crippen molar-refractivity contribution in [1.29, 1.82) is 0 Å². The van der Waals surface area contributed by atoms with Crippen molar-refractivity contribution in [3.63, 3.8) is 0 Å². The van der Waals surface area contributed by atoms with Gasteiger partial charge in [-0.25, -0.2) is 0 Å². The highest BCUT2D eigenvalue weighted by Gasteiger charge is 2.22. The number of carbonyl (C=O) groups excluding carboxylic acids is 2. The zero-order chi connectivity index (χ0) is 17.9. The summed E-state index contributed by atoms with van der Waals surface area (Å²) in [5.74, 6) is 2.11. The number of rotatable bonds is 8. The Morgan fingerprint density at radius 1 is 1.42 bits per heavy atom. The Kier molecular flexibility index (Phi) is 7.89. The zero-order valence-electron chi connectivity index (χ0n) is 13.9. The first kappa shape index (κ1) is 19.1. The van der Waals surface area contributed by atoms with Gasteiger partial charge in [-0.3, -0.25) is 9.59 Å². The van der Waals surface area contributed by atoms with E-state index in [1.807, 2.05) is 0 Å². The van der Waals surface area contributed by atoms with Gasteiger partial charge in [-0.2, -0.15) is 0 Å². The lowest BCUT2D eigenvalue weighted by Crippen LogP contribution is -2.46. The van der Waals surface area contributed by atoms with Gasteiger partial charge in [0.25, 0.3) is 0 Å². The summed E-state index contributed by atoms with van der Waals surface area (Å²) >= 11 is 0. The van der Waals surface area contributed by atoms with Crippen LogP contribution in [0.25, 0.3) is 10.4 Å². The van der Waals surface area contributed by atoms with Gasteiger partial charge in [0.2, 0.25) is 11.8 Å². The van der Waals surface area contributed by atoms with Gasteiger partial charge in [0, 0.05) is 37.5 Å². The van der Waals surface area contributed by atoms with Crippen molar-refractivity contribution < 1.29 is 9.59 Å². The van der Waals surface area contributed by atoms with Crippen LogP contribution in [-0.4, -0.2) is 29.8 Å². The molecule has 0 aromatic heterocycles. The molecule has 1 aromatic rings. The van der Waals surface area contributed by atoms with Crippen LogP contribution in [0.15, 0.2) is 29.4 Å². The summed E-state index contributed by atoms with van der Waals surface area (Å²) in [5.41, 5.74) is 9.80. The van der Waals surface area contributed by atoms with Gasteiger partial charge in [-0.15, -0.1) is 12.3 Å². The number of terminal acetylenes is 1. The van der Waals surface area contributed by atoms with Gasteiger partial charge in [-0.05, 0) is 23.9 Å². The third kappa shape index (κ3) is 6.42. The molecule has 126 valence electrons. The summed E-state index contributed by atoms with van der Waals surface area (Å²) in [4.78, 5) is 28.1. The molecule has 0 heterocycles. The van der Waals surface area contributed by atoms with E-state index in [4.69, 9.17) is 12.0 Å². The highest BCUT2D eigenvalue weighted by atomic mass is 16.2. The molecule has 1 N–H and O–H groups in total. The molecule has 24 heavy (non-hydrogen) atoms. The van der Waals surface area contributed by atoms with Crippen LogP contribution in [0.1, 0.15) is 31.7 Å². The van der Waals surface area contributed by atoms with Crippen LogP contribution in [0.3, 0.4) is 0 Å². The number of hydrogen-bond acceptors (Lipinski definition) is 3. The molecule has 0 fully saturated rings. The fraction of sp³-hybridized carbons (Fsp3) is 0.412. The Morgan fingerprint density at radius 3 is 2.62 bits per heavy atom. The smallest absolute Gasteiger partial charge is 0.245 e. The first-order valence-electron chi connectivity index (χ1n) is 7.57. The van der Waals surface area contributed by atoms with Crippen molar-refractivity contribution in [3.05, 3.63) is 40.3 Å². The van der Waals surface area contributed by atoms with E-state index in [-0.39, 0.29) is 11.8 Å². The van der Waals surface area contributed by atoms with Crippen molar-refractivity contribution >= 4 is 17.5 Å². The number of nitrogens with one attached hydrogen (secondary N) is 1. The number of amides is 2. The van der Waals surface area contributed by atoms with Gasteiger partial charge in [0.15, 0.2) is 0 Å². The van der Waals surface area contributed by atoms with Gasteiger partial charge in [0.1, 0.15) is 6.04 Å². The lowest BCUT2D eigenvalue weighted by molar-refractivity contribution is -0.135. The van der Waals surface area contributed by atoms with E-state index < -0.39 is 6.04 Å². The molecule has 0 radical (unpaired) electrons. The molecule has 0 aliphatic carbocycles. The number of carbonyl (C=O) groups is 2. The monoisotopic (exact) mass is 327 g/mol. The van der Waals surface area contributed by atoms with Gasteiger partial charge in [0.05, 0.1) is 0 Å². The van der Waals surface area contributed by atoms with Crippen LogP contribution >= 0.6 is 0 Å². The summed E-state index contributed by atoms with van der Waals surface area (Å²) in [6.07, 6.45) is 6.96. The minimum absolute atomic E-state index is 0.165. The molecule has 1 rings (SSSR count). The Balaban J connectivity index is 2.72. The van der Waals surface area contributed by atoms with Crippen LogP contribution in [0, 0.1) is 12.3 Å². The minimum Gasteiger partial charge on any atom is -0.345 e. The molecule has 7 nitrogen and oxygen atoms in total. The second kappa shape index (κ2) is 9.93. The third-order valence-corrected chi connectivity index (χ3v) is 3.38. The molecule has 0 saturated carbocycles. The van der Waals surface area contributed by atoms with Gasteiger partial charge < -0.3 is 10.2 Å². The Morgan fingerprint density at radius 2 is 2.08 bits per heavy atom. The fourth-order valence-electron chi connectivity index (χ4n) is 2.25. The SMILES string of the molecule is C#CCCCC(NC(C)=O)C(=O)N(C)Cc1ccc(N=[N+]=[N-])cc1. The quantitative estimate of drug-likeness (QED) is 0.261. The summed E-state index contributed by atoms with van der Waals surface area (Å²) in [6.45, 7) is 1.77. The van der Waals surface area contributed by atoms with E-state index >= 15 is 0 Å². The standard InChI is InChI=1S/C17H21N5O2/c1-4-5-6-7-16(19-13(2)23)17(24)22(3)12-14-8-10-15(11-9-14)20-21-18/h1,8-11,16H,5-7,12H2,2-3H3,(H,19,23). The lowest BCUT2D eigenvalue weighted by atomic mass is 10.1.